The zero-order valence-electron chi connectivity index (χ0n) is 19.3. The maximum Gasteiger partial charge on any atom is 0.573 e. The van der Waals surface area contributed by atoms with Crippen molar-refractivity contribution in [3.63, 3.8) is 0 Å². The molecule has 2 aromatic rings. The first-order chi connectivity index (χ1) is 16.3. The Hall–Kier alpha value is -3.12. The molecule has 0 aromatic heterocycles. The summed E-state index contributed by atoms with van der Waals surface area (Å²) in [4.78, 5) is 26.5. The van der Waals surface area contributed by atoms with Gasteiger partial charge in [-0.15, -0.1) is 13.2 Å². The number of carbonyl (C=O) groups is 2. The Bertz CT molecular complexity index is 1200. The lowest BCUT2D eigenvalue weighted by molar-refractivity contribution is -0.274. The van der Waals surface area contributed by atoms with Gasteiger partial charge in [0.05, 0.1) is 4.90 Å². The number of rotatable bonds is 8. The summed E-state index contributed by atoms with van der Waals surface area (Å²) in [5.74, 6) is -1.61. The number of sulfonamides is 1. The maximum absolute atomic E-state index is 13.1. The monoisotopic (exact) mass is 513 g/mol. The molecule has 1 aliphatic rings. The lowest BCUT2D eigenvalue weighted by Gasteiger charge is -2.22. The highest BCUT2D eigenvalue weighted by atomic mass is 32.2. The second-order valence-electron chi connectivity index (χ2n) is 8.34. The first-order valence-electron chi connectivity index (χ1n) is 10.9. The smallest absolute Gasteiger partial charge is 0.406 e. The molecule has 8 nitrogen and oxygen atoms in total. The van der Waals surface area contributed by atoms with Crippen LogP contribution in [0.3, 0.4) is 0 Å². The van der Waals surface area contributed by atoms with Gasteiger partial charge < -0.3 is 15.0 Å². The first kappa shape index (κ1) is 26.5. The molecule has 0 saturated heterocycles. The van der Waals surface area contributed by atoms with Crippen LogP contribution < -0.4 is 19.7 Å². The van der Waals surface area contributed by atoms with Crippen LogP contribution in [0.5, 0.6) is 5.75 Å². The molecule has 12 heteroatoms. The van der Waals surface area contributed by atoms with Gasteiger partial charge in [0.1, 0.15) is 11.8 Å². The Morgan fingerprint density at radius 1 is 1.11 bits per heavy atom. The fourth-order valence-corrected chi connectivity index (χ4v) is 5.08. The van der Waals surface area contributed by atoms with Crippen molar-refractivity contribution >= 4 is 33.2 Å². The van der Waals surface area contributed by atoms with E-state index in [4.69, 9.17) is 0 Å². The molecule has 190 valence electrons. The molecule has 0 saturated carbocycles. The lowest BCUT2D eigenvalue weighted by Crippen LogP contribution is -2.47. The van der Waals surface area contributed by atoms with Gasteiger partial charge in [-0.05, 0) is 60.4 Å². The second kappa shape index (κ2) is 10.2. The second-order valence-corrected chi connectivity index (χ2v) is 10.1. The van der Waals surface area contributed by atoms with E-state index in [0.717, 1.165) is 17.7 Å². The van der Waals surface area contributed by atoms with E-state index in [9.17, 15) is 31.2 Å². The number of amides is 2. The number of hydrogen-bond donors (Lipinski definition) is 2. The molecule has 0 spiro atoms. The van der Waals surface area contributed by atoms with Crippen LogP contribution in [-0.2, 0) is 26.0 Å². The van der Waals surface area contributed by atoms with E-state index in [0.29, 0.717) is 25.1 Å². The molecular weight excluding hydrogens is 487 g/mol. The number of fused-ring (bicyclic) bond motifs is 1. The fourth-order valence-electron chi connectivity index (χ4n) is 3.68. The minimum Gasteiger partial charge on any atom is -0.406 e. The summed E-state index contributed by atoms with van der Waals surface area (Å²) in [6.07, 6.45) is -3.98. The summed E-state index contributed by atoms with van der Waals surface area (Å²) in [6.45, 7) is 5.54. The molecule has 2 N–H and O–H groups in total. The molecular formula is C23H26F3N3O5S. The molecule has 0 radical (unpaired) electrons. The van der Waals surface area contributed by atoms with Crippen molar-refractivity contribution in [1.82, 2.24) is 4.72 Å². The van der Waals surface area contributed by atoms with Gasteiger partial charge in [0.2, 0.25) is 21.8 Å². The third kappa shape index (κ3) is 6.51. The van der Waals surface area contributed by atoms with Crippen LogP contribution in [-0.4, -0.2) is 39.2 Å². The summed E-state index contributed by atoms with van der Waals surface area (Å²) in [5, 5.41) is 2.51. The number of ether oxygens (including phenoxy) is 1. The number of nitrogens with zero attached hydrogens (tertiary/aromatic N) is 1. The normalized spacial score (nSPS) is 14.5. The molecule has 0 aliphatic carbocycles. The third-order valence-corrected chi connectivity index (χ3v) is 6.89. The fraction of sp³-hybridized carbons (Fsp3) is 0.391. The van der Waals surface area contributed by atoms with E-state index in [1.54, 1.807) is 31.7 Å². The SMILES string of the molecule is CCC(=O)N1CCc2cc(S(=O)(=O)NC(C(=O)Nc3ccc(OC(F)(F)F)cc3)C(C)C)ccc21. The van der Waals surface area contributed by atoms with Crippen LogP contribution in [0.1, 0.15) is 32.8 Å². The van der Waals surface area contributed by atoms with Gasteiger partial charge in [0.15, 0.2) is 0 Å². The predicted octanol–water partition coefficient (Wildman–Crippen LogP) is 3.83. The highest BCUT2D eigenvalue weighted by molar-refractivity contribution is 7.89. The Kier molecular flexibility index (Phi) is 7.75. The standard InChI is InChI=1S/C23H26F3N3O5S/c1-4-20(30)29-12-11-15-13-18(9-10-19(15)29)35(32,33)28-21(14(2)3)22(31)27-16-5-7-17(8-6-16)34-23(24,25)26/h5-10,13-14,21,28H,4,11-12H2,1-3H3,(H,27,31). The first-order valence-corrected chi connectivity index (χ1v) is 12.4. The summed E-state index contributed by atoms with van der Waals surface area (Å²) >= 11 is 0. The van der Waals surface area contributed by atoms with Crippen LogP contribution in [0.15, 0.2) is 47.4 Å². The van der Waals surface area contributed by atoms with Crippen molar-refractivity contribution in [2.24, 2.45) is 5.92 Å². The molecule has 0 fully saturated rings. The van der Waals surface area contributed by atoms with Crippen molar-refractivity contribution in [1.29, 1.82) is 0 Å². The number of carbonyl (C=O) groups excluding carboxylic acids is 2. The molecule has 1 aliphatic heterocycles. The average molecular weight is 514 g/mol. The van der Waals surface area contributed by atoms with Crippen molar-refractivity contribution < 1.29 is 35.9 Å². The Morgan fingerprint density at radius 2 is 1.77 bits per heavy atom. The molecule has 0 bridgehead atoms. The van der Waals surface area contributed by atoms with Crippen LogP contribution in [0.25, 0.3) is 0 Å². The van der Waals surface area contributed by atoms with E-state index in [2.05, 4.69) is 14.8 Å². The highest BCUT2D eigenvalue weighted by Crippen LogP contribution is 2.31. The van der Waals surface area contributed by atoms with Gasteiger partial charge in [0, 0.05) is 24.3 Å². The number of benzene rings is 2. The van der Waals surface area contributed by atoms with E-state index in [-0.39, 0.29) is 16.5 Å². The van der Waals surface area contributed by atoms with E-state index in [1.165, 1.54) is 24.3 Å². The van der Waals surface area contributed by atoms with E-state index in [1.807, 2.05) is 0 Å². The summed E-state index contributed by atoms with van der Waals surface area (Å²) in [6, 6.07) is 7.82. The maximum atomic E-state index is 13.1. The quantitative estimate of drug-likeness (QED) is 0.558. The number of hydrogen-bond acceptors (Lipinski definition) is 5. The molecule has 35 heavy (non-hydrogen) atoms. The van der Waals surface area contributed by atoms with E-state index < -0.39 is 40.0 Å². The van der Waals surface area contributed by atoms with E-state index >= 15 is 0 Å². The highest BCUT2D eigenvalue weighted by Gasteiger charge is 2.32. The zero-order valence-corrected chi connectivity index (χ0v) is 20.2. The number of anilines is 2. The number of halogens is 3. The van der Waals surface area contributed by atoms with Gasteiger partial charge >= 0.3 is 6.36 Å². The van der Waals surface area contributed by atoms with Crippen LogP contribution >= 0.6 is 0 Å². The summed E-state index contributed by atoms with van der Waals surface area (Å²) in [5.41, 5.74) is 1.57. The predicted molar refractivity (Wildman–Crippen MR) is 123 cm³/mol. The van der Waals surface area contributed by atoms with Crippen molar-refractivity contribution in [3.05, 3.63) is 48.0 Å². The Morgan fingerprint density at radius 3 is 2.34 bits per heavy atom. The van der Waals surface area contributed by atoms with Crippen molar-refractivity contribution in [2.45, 2.75) is 50.9 Å². The zero-order chi connectivity index (χ0) is 26.0. The van der Waals surface area contributed by atoms with Crippen LogP contribution in [0.4, 0.5) is 24.5 Å². The average Bonchev–Trinajstić information content (AvgIpc) is 3.20. The van der Waals surface area contributed by atoms with Gasteiger partial charge in [-0.25, -0.2) is 8.42 Å². The summed E-state index contributed by atoms with van der Waals surface area (Å²) in [7, 11) is -4.09. The number of alkyl halides is 3. The topological polar surface area (TPSA) is 105 Å². The Labute approximate surface area is 201 Å². The van der Waals surface area contributed by atoms with Gasteiger partial charge in [0.25, 0.3) is 0 Å². The lowest BCUT2D eigenvalue weighted by atomic mass is 10.0. The van der Waals surface area contributed by atoms with Gasteiger partial charge in [-0.2, -0.15) is 4.72 Å². The largest absolute Gasteiger partial charge is 0.573 e. The molecule has 2 aromatic carbocycles. The third-order valence-electron chi connectivity index (χ3n) is 5.45. The minimum atomic E-state index is -4.84. The molecule has 1 atom stereocenters. The summed E-state index contributed by atoms with van der Waals surface area (Å²) < 4.78 is 69.3. The van der Waals surface area contributed by atoms with Crippen molar-refractivity contribution in [3.8, 4) is 5.75 Å². The molecule has 1 heterocycles. The van der Waals surface area contributed by atoms with Crippen LogP contribution in [0.2, 0.25) is 0 Å². The Balaban J connectivity index is 1.74. The number of nitrogens with one attached hydrogen (secondary N) is 2. The molecule has 2 amide bonds. The minimum absolute atomic E-state index is 0.0332. The molecule has 3 rings (SSSR count). The van der Waals surface area contributed by atoms with Gasteiger partial charge in [-0.1, -0.05) is 20.8 Å². The van der Waals surface area contributed by atoms with Gasteiger partial charge in [-0.3, -0.25) is 9.59 Å². The van der Waals surface area contributed by atoms with Crippen LogP contribution in [0, 0.1) is 5.92 Å². The molecule has 1 unspecified atom stereocenters. The van der Waals surface area contributed by atoms with Crippen molar-refractivity contribution in [2.75, 3.05) is 16.8 Å².